The van der Waals surface area contributed by atoms with Crippen LogP contribution in [-0.2, 0) is 0 Å². The van der Waals surface area contributed by atoms with Gasteiger partial charge < -0.3 is 0 Å². The molecule has 0 spiro atoms. The number of rotatable bonds is 4. The number of hydrogen-bond donors (Lipinski definition) is 0. The molecule has 0 nitrogen and oxygen atoms in total. The van der Waals surface area contributed by atoms with Gasteiger partial charge in [-0.25, -0.2) is 0 Å². The molecule has 0 saturated carbocycles. The van der Waals surface area contributed by atoms with Gasteiger partial charge in [-0.3, -0.25) is 0 Å². The van der Waals surface area contributed by atoms with Gasteiger partial charge in [0, 0.05) is 0 Å². The summed E-state index contributed by atoms with van der Waals surface area (Å²) in [6.45, 7) is 14.0. The van der Waals surface area contributed by atoms with Gasteiger partial charge in [-0.1, -0.05) is 0 Å². The van der Waals surface area contributed by atoms with Gasteiger partial charge in [0.05, 0.1) is 0 Å². The van der Waals surface area contributed by atoms with Gasteiger partial charge in [0.2, 0.25) is 0 Å². The van der Waals surface area contributed by atoms with Gasteiger partial charge in [-0.05, 0) is 0 Å². The van der Waals surface area contributed by atoms with Crippen LogP contribution < -0.4 is 0 Å². The van der Waals surface area contributed by atoms with E-state index in [4.69, 9.17) is 0 Å². The molecule has 0 rings (SSSR count). The van der Waals surface area contributed by atoms with Crippen molar-refractivity contribution in [3.8, 4) is 0 Å². The maximum absolute atomic E-state index is 2.62. The Balaban J connectivity index is 4.51. The van der Waals surface area contributed by atoms with Crippen molar-refractivity contribution in [2.75, 3.05) is 0 Å². The maximum atomic E-state index is 2.62. The van der Waals surface area contributed by atoms with Gasteiger partial charge in [-0.2, -0.15) is 0 Å². The molecule has 0 aliphatic rings. The SMILES string of the molecule is C[CH2][Ge](/[CH]=C/C(C)(C)C)([CH2]C)[CH2]C. The molecular weight excluding hydrogens is 217 g/mol. The van der Waals surface area contributed by atoms with Gasteiger partial charge in [0.15, 0.2) is 0 Å². The van der Waals surface area contributed by atoms with Crippen molar-refractivity contribution in [3.05, 3.63) is 11.0 Å². The van der Waals surface area contributed by atoms with Crippen LogP contribution in [0.25, 0.3) is 0 Å². The van der Waals surface area contributed by atoms with E-state index in [2.05, 4.69) is 52.5 Å². The quantitative estimate of drug-likeness (QED) is 0.631. The summed E-state index contributed by atoms with van der Waals surface area (Å²) in [6.07, 6.45) is 2.45. The van der Waals surface area contributed by atoms with Gasteiger partial charge in [0.25, 0.3) is 0 Å². The van der Waals surface area contributed by atoms with E-state index in [1.165, 1.54) is 15.8 Å². The van der Waals surface area contributed by atoms with E-state index >= 15 is 0 Å². The zero-order chi connectivity index (χ0) is 10.5. The summed E-state index contributed by atoms with van der Waals surface area (Å²) >= 11 is -1.52. The fourth-order valence-corrected chi connectivity index (χ4v) is 7.95. The van der Waals surface area contributed by atoms with Crippen molar-refractivity contribution >= 4 is 13.3 Å². The number of hydrogen-bond acceptors (Lipinski definition) is 0. The van der Waals surface area contributed by atoms with Crippen molar-refractivity contribution in [2.24, 2.45) is 5.41 Å². The Morgan fingerprint density at radius 1 is 0.923 bits per heavy atom. The molecule has 0 aliphatic carbocycles. The van der Waals surface area contributed by atoms with E-state index < -0.39 is 13.3 Å². The summed E-state index contributed by atoms with van der Waals surface area (Å²) in [7, 11) is 0. The van der Waals surface area contributed by atoms with E-state index in [1.54, 1.807) is 0 Å². The summed E-state index contributed by atoms with van der Waals surface area (Å²) in [6, 6.07) is 0. The second-order valence-electron chi connectivity index (χ2n) is 5.12. The van der Waals surface area contributed by atoms with Crippen LogP contribution in [0.15, 0.2) is 11.0 Å². The van der Waals surface area contributed by atoms with Crippen molar-refractivity contribution in [1.29, 1.82) is 0 Å². The van der Waals surface area contributed by atoms with Crippen molar-refractivity contribution in [1.82, 2.24) is 0 Å². The van der Waals surface area contributed by atoms with E-state index in [0.717, 1.165) is 0 Å². The fraction of sp³-hybridized carbons (Fsp3) is 0.833. The zero-order valence-corrected chi connectivity index (χ0v) is 12.4. The van der Waals surface area contributed by atoms with E-state index in [0.29, 0.717) is 5.41 Å². The third-order valence-corrected chi connectivity index (χ3v) is 13.7. The van der Waals surface area contributed by atoms with Crippen LogP contribution in [0, 0.1) is 5.41 Å². The minimum absolute atomic E-state index is 0.371. The third-order valence-electron chi connectivity index (χ3n) is 3.05. The average Bonchev–Trinajstić information content (AvgIpc) is 2.06. The van der Waals surface area contributed by atoms with Crippen molar-refractivity contribution in [3.63, 3.8) is 0 Å². The van der Waals surface area contributed by atoms with E-state index in [-0.39, 0.29) is 0 Å². The van der Waals surface area contributed by atoms with Gasteiger partial charge >= 0.3 is 87.0 Å². The summed E-state index contributed by atoms with van der Waals surface area (Å²) in [4.78, 5) is 2.62. The first-order chi connectivity index (χ1) is 5.89. The molecule has 0 aliphatic heterocycles. The summed E-state index contributed by atoms with van der Waals surface area (Å²) in [5.74, 6) is 0. The van der Waals surface area contributed by atoms with Crippen molar-refractivity contribution < 1.29 is 0 Å². The molecule has 1 heteroatoms. The Hall–Kier alpha value is 0.283. The molecule has 78 valence electrons. The molecule has 0 radical (unpaired) electrons. The zero-order valence-electron chi connectivity index (χ0n) is 10.3. The fourth-order valence-electron chi connectivity index (χ4n) is 1.53. The van der Waals surface area contributed by atoms with Gasteiger partial charge in [0.1, 0.15) is 0 Å². The third kappa shape index (κ3) is 4.90. The first-order valence-electron chi connectivity index (χ1n) is 5.59. The molecule has 0 N–H and O–H groups in total. The Kier molecular flexibility index (Phi) is 5.35. The molecule has 0 unspecified atom stereocenters. The first-order valence-corrected chi connectivity index (χ1v) is 11.3. The van der Waals surface area contributed by atoms with Crippen LogP contribution in [0.1, 0.15) is 41.5 Å². The van der Waals surface area contributed by atoms with Crippen LogP contribution in [-0.4, -0.2) is 13.3 Å². The Bertz CT molecular complexity index is 150. The van der Waals surface area contributed by atoms with Gasteiger partial charge in [-0.15, -0.1) is 0 Å². The Morgan fingerprint density at radius 2 is 1.31 bits per heavy atom. The Labute approximate surface area is 87.2 Å². The molecule has 0 saturated heterocycles. The molecule has 0 fully saturated rings. The molecule has 0 bridgehead atoms. The summed E-state index contributed by atoms with van der Waals surface area (Å²) in [5, 5.41) is 4.33. The molecule has 0 amide bonds. The monoisotopic (exact) mass is 244 g/mol. The van der Waals surface area contributed by atoms with Crippen LogP contribution in [0.2, 0.25) is 15.8 Å². The Morgan fingerprint density at radius 3 is 1.54 bits per heavy atom. The molecule has 0 aromatic heterocycles. The minimum atomic E-state index is -1.52. The summed E-state index contributed by atoms with van der Waals surface area (Å²) < 4.78 is 0. The summed E-state index contributed by atoms with van der Waals surface area (Å²) in [5.41, 5.74) is 0.371. The average molecular weight is 243 g/mol. The molecule has 0 atom stereocenters. The predicted octanol–water partition coefficient (Wildman–Crippen LogP) is 4.64. The standard InChI is InChI=1S/C12H26Ge/c1-7-13(8-2,9-3)11-10-12(4,5)6/h10-11H,7-9H2,1-6H3/b11-10+. The van der Waals surface area contributed by atoms with Crippen LogP contribution >= 0.6 is 0 Å². The molecule has 0 heterocycles. The normalized spacial score (nSPS) is 14.0. The van der Waals surface area contributed by atoms with E-state index in [9.17, 15) is 0 Å². The number of allylic oxidation sites excluding steroid dienone is 1. The predicted molar refractivity (Wildman–Crippen MR) is 65.8 cm³/mol. The van der Waals surface area contributed by atoms with Crippen LogP contribution in [0.3, 0.4) is 0 Å². The van der Waals surface area contributed by atoms with Crippen molar-refractivity contribution in [2.45, 2.75) is 57.3 Å². The topological polar surface area (TPSA) is 0 Å². The molecule has 0 aromatic carbocycles. The molecule has 0 aromatic rings. The molecular formula is C12H26Ge. The second-order valence-corrected chi connectivity index (χ2v) is 16.0. The van der Waals surface area contributed by atoms with E-state index in [1.807, 2.05) is 0 Å². The first kappa shape index (κ1) is 13.3. The van der Waals surface area contributed by atoms with Crippen LogP contribution in [0.4, 0.5) is 0 Å². The second kappa shape index (κ2) is 5.23. The van der Waals surface area contributed by atoms with Crippen LogP contribution in [0.5, 0.6) is 0 Å². The molecule has 13 heavy (non-hydrogen) atoms.